The molecule has 0 amide bonds. The van der Waals surface area contributed by atoms with E-state index < -0.39 is 0 Å². The molecular weight excluding hydrogens is 204 g/mol. The van der Waals surface area contributed by atoms with Crippen LogP contribution in [-0.2, 0) is 6.42 Å². The van der Waals surface area contributed by atoms with Gasteiger partial charge in [0, 0.05) is 12.0 Å². The van der Waals surface area contributed by atoms with Gasteiger partial charge >= 0.3 is 0 Å². The lowest BCUT2D eigenvalue weighted by molar-refractivity contribution is 0.414. The number of nitrogen functional groups attached to an aromatic ring is 2. The second-order valence-corrected chi connectivity index (χ2v) is 3.53. The van der Waals surface area contributed by atoms with Crippen molar-refractivity contribution in [2.24, 2.45) is 0 Å². The Bertz CT molecular complexity index is 473. The lowest BCUT2D eigenvalue weighted by Crippen LogP contribution is -1.97. The van der Waals surface area contributed by atoms with Crippen LogP contribution >= 0.6 is 0 Å². The van der Waals surface area contributed by atoms with Crippen molar-refractivity contribution < 1.29 is 4.74 Å². The van der Waals surface area contributed by atoms with E-state index in [-0.39, 0.29) is 0 Å². The third kappa shape index (κ3) is 1.93. The number of aromatic amines is 1. The first kappa shape index (κ1) is 10.4. The van der Waals surface area contributed by atoms with Gasteiger partial charge in [0.05, 0.1) is 7.11 Å². The van der Waals surface area contributed by atoms with Gasteiger partial charge in [0.15, 0.2) is 5.82 Å². The Kier molecular flexibility index (Phi) is 2.68. The van der Waals surface area contributed by atoms with Crippen LogP contribution in [0.3, 0.4) is 0 Å². The Morgan fingerprint density at radius 2 is 2.19 bits per heavy atom. The van der Waals surface area contributed by atoms with Gasteiger partial charge in [-0.15, -0.1) is 0 Å². The van der Waals surface area contributed by atoms with Crippen molar-refractivity contribution in [3.05, 3.63) is 35.4 Å². The first-order chi connectivity index (χ1) is 7.70. The smallest absolute Gasteiger partial charge is 0.150 e. The average Bonchev–Trinajstić information content (AvgIpc) is 2.61. The van der Waals surface area contributed by atoms with Gasteiger partial charge in [-0.2, -0.15) is 5.10 Å². The summed E-state index contributed by atoms with van der Waals surface area (Å²) in [6, 6.07) is 7.77. The zero-order chi connectivity index (χ0) is 11.5. The minimum atomic E-state index is 0.445. The summed E-state index contributed by atoms with van der Waals surface area (Å²) in [6.45, 7) is 0. The highest BCUT2D eigenvalue weighted by atomic mass is 16.5. The van der Waals surface area contributed by atoms with Gasteiger partial charge in [-0.3, -0.25) is 5.10 Å². The number of nitrogens with zero attached hydrogens (tertiary/aromatic N) is 1. The predicted molar refractivity (Wildman–Crippen MR) is 63.2 cm³/mol. The fraction of sp³-hybridized carbons (Fsp3) is 0.182. The maximum absolute atomic E-state index is 5.73. The van der Waals surface area contributed by atoms with Gasteiger partial charge in [0.1, 0.15) is 11.6 Å². The summed E-state index contributed by atoms with van der Waals surface area (Å²) < 4.78 is 5.15. The van der Waals surface area contributed by atoms with E-state index in [0.717, 1.165) is 16.9 Å². The van der Waals surface area contributed by atoms with Crippen molar-refractivity contribution >= 4 is 11.6 Å². The van der Waals surface area contributed by atoms with E-state index in [2.05, 4.69) is 10.2 Å². The molecule has 5 heteroatoms. The van der Waals surface area contributed by atoms with E-state index in [4.69, 9.17) is 16.2 Å². The van der Waals surface area contributed by atoms with Crippen molar-refractivity contribution in [3.63, 3.8) is 0 Å². The number of aromatic nitrogens is 2. The zero-order valence-electron chi connectivity index (χ0n) is 9.03. The number of hydrogen-bond donors (Lipinski definition) is 3. The lowest BCUT2D eigenvalue weighted by Gasteiger charge is -2.04. The highest BCUT2D eigenvalue weighted by molar-refractivity contribution is 5.55. The molecule has 0 atom stereocenters. The average molecular weight is 218 g/mol. The molecule has 1 heterocycles. The first-order valence-corrected chi connectivity index (χ1v) is 4.92. The molecule has 0 saturated carbocycles. The fourth-order valence-corrected chi connectivity index (χ4v) is 1.57. The molecule has 84 valence electrons. The molecular formula is C11H14N4O. The number of methoxy groups -OCH3 is 1. The number of H-pyrrole nitrogens is 1. The molecule has 2 aromatic rings. The van der Waals surface area contributed by atoms with E-state index in [1.54, 1.807) is 7.11 Å². The summed E-state index contributed by atoms with van der Waals surface area (Å²) in [5.41, 5.74) is 13.3. The fourth-order valence-electron chi connectivity index (χ4n) is 1.57. The minimum absolute atomic E-state index is 0.445. The number of nitrogens with two attached hydrogens (primary N) is 2. The molecule has 0 aliphatic carbocycles. The number of nitrogens with one attached hydrogen (secondary N) is 1. The quantitative estimate of drug-likeness (QED) is 0.721. The third-order valence-electron chi connectivity index (χ3n) is 2.45. The monoisotopic (exact) mass is 218 g/mol. The van der Waals surface area contributed by atoms with Gasteiger partial charge in [0.2, 0.25) is 0 Å². The van der Waals surface area contributed by atoms with E-state index in [1.807, 2.05) is 24.3 Å². The summed E-state index contributed by atoms with van der Waals surface area (Å²) in [7, 11) is 1.64. The standard InChI is InChI=1S/C11H14N4O/c1-16-8-4-2-3-7(5-8)6-9-10(12)14-15-11(9)13/h2-5H,6H2,1H3,(H5,12,13,14,15). The molecule has 0 aliphatic heterocycles. The van der Waals surface area contributed by atoms with Crippen LogP contribution in [-0.4, -0.2) is 17.3 Å². The van der Waals surface area contributed by atoms with Crippen LogP contribution in [0.2, 0.25) is 0 Å². The van der Waals surface area contributed by atoms with E-state index in [9.17, 15) is 0 Å². The Hall–Kier alpha value is -2.17. The number of anilines is 2. The highest BCUT2D eigenvalue weighted by Gasteiger charge is 2.08. The molecule has 2 rings (SSSR count). The van der Waals surface area contributed by atoms with E-state index in [1.165, 1.54) is 0 Å². The Morgan fingerprint density at radius 3 is 2.81 bits per heavy atom. The number of hydrogen-bond acceptors (Lipinski definition) is 4. The molecule has 0 aliphatic rings. The maximum atomic E-state index is 5.73. The third-order valence-corrected chi connectivity index (χ3v) is 2.45. The molecule has 0 spiro atoms. The van der Waals surface area contributed by atoms with Crippen molar-refractivity contribution in [1.82, 2.24) is 10.2 Å². The Labute approximate surface area is 93.4 Å². The number of rotatable bonds is 3. The van der Waals surface area contributed by atoms with Crippen LogP contribution in [0, 0.1) is 0 Å². The summed E-state index contributed by atoms with van der Waals surface area (Å²) in [4.78, 5) is 0. The number of ether oxygens (including phenoxy) is 1. The SMILES string of the molecule is COc1cccc(Cc2c(N)n[nH]c2N)c1. The van der Waals surface area contributed by atoms with Gasteiger partial charge in [-0.1, -0.05) is 12.1 Å². The normalized spacial score (nSPS) is 10.3. The van der Waals surface area contributed by atoms with Crippen LogP contribution in [0.15, 0.2) is 24.3 Å². The summed E-state index contributed by atoms with van der Waals surface area (Å²) in [5, 5.41) is 6.51. The molecule has 5 N–H and O–H groups in total. The molecule has 0 bridgehead atoms. The van der Waals surface area contributed by atoms with Gasteiger partial charge < -0.3 is 16.2 Å². The van der Waals surface area contributed by atoms with Crippen molar-refractivity contribution in [2.75, 3.05) is 18.6 Å². The van der Waals surface area contributed by atoms with Gasteiger partial charge in [-0.05, 0) is 17.7 Å². The zero-order valence-corrected chi connectivity index (χ0v) is 9.03. The van der Waals surface area contributed by atoms with Gasteiger partial charge in [-0.25, -0.2) is 0 Å². The second-order valence-electron chi connectivity index (χ2n) is 3.53. The van der Waals surface area contributed by atoms with Crippen molar-refractivity contribution in [1.29, 1.82) is 0 Å². The van der Waals surface area contributed by atoms with E-state index in [0.29, 0.717) is 18.1 Å². The molecule has 0 radical (unpaired) electrons. The molecule has 0 saturated heterocycles. The largest absolute Gasteiger partial charge is 0.497 e. The Balaban J connectivity index is 2.27. The minimum Gasteiger partial charge on any atom is -0.497 e. The van der Waals surface area contributed by atoms with Crippen LogP contribution in [0.5, 0.6) is 5.75 Å². The second kappa shape index (κ2) is 4.14. The molecule has 0 fully saturated rings. The summed E-state index contributed by atoms with van der Waals surface area (Å²) in [6.07, 6.45) is 0.644. The highest BCUT2D eigenvalue weighted by Crippen LogP contribution is 2.21. The summed E-state index contributed by atoms with van der Waals surface area (Å²) >= 11 is 0. The maximum Gasteiger partial charge on any atom is 0.150 e. The topological polar surface area (TPSA) is 90.0 Å². The van der Waals surface area contributed by atoms with Crippen molar-refractivity contribution in [2.45, 2.75) is 6.42 Å². The lowest BCUT2D eigenvalue weighted by atomic mass is 10.1. The molecule has 0 unspecified atom stereocenters. The van der Waals surface area contributed by atoms with Crippen LogP contribution < -0.4 is 16.2 Å². The summed E-state index contributed by atoms with van der Waals surface area (Å²) in [5.74, 6) is 1.78. The van der Waals surface area contributed by atoms with Gasteiger partial charge in [0.25, 0.3) is 0 Å². The first-order valence-electron chi connectivity index (χ1n) is 4.92. The molecule has 1 aromatic carbocycles. The molecule has 5 nitrogen and oxygen atoms in total. The van der Waals surface area contributed by atoms with Crippen LogP contribution in [0.25, 0.3) is 0 Å². The van der Waals surface area contributed by atoms with Crippen LogP contribution in [0.4, 0.5) is 11.6 Å². The molecule has 16 heavy (non-hydrogen) atoms. The van der Waals surface area contributed by atoms with Crippen molar-refractivity contribution in [3.8, 4) is 5.75 Å². The molecule has 1 aromatic heterocycles. The van der Waals surface area contributed by atoms with E-state index >= 15 is 0 Å². The number of benzene rings is 1. The predicted octanol–water partition coefficient (Wildman–Crippen LogP) is 1.17. The van der Waals surface area contributed by atoms with Crippen LogP contribution in [0.1, 0.15) is 11.1 Å². The Morgan fingerprint density at radius 1 is 1.38 bits per heavy atom.